The molecule has 0 bridgehead atoms. The molecule has 7 heteroatoms. The fourth-order valence-corrected chi connectivity index (χ4v) is 2.74. The largest absolute Gasteiger partial charge is 0.391 e. The first kappa shape index (κ1) is 15.0. The van der Waals surface area contributed by atoms with Crippen molar-refractivity contribution in [1.29, 1.82) is 0 Å². The average molecular weight is 279 g/mol. The van der Waals surface area contributed by atoms with Crippen LogP contribution in [-0.2, 0) is 10.0 Å². The summed E-state index contributed by atoms with van der Waals surface area (Å²) in [6, 6.07) is 2.16. The lowest BCUT2D eigenvalue weighted by Gasteiger charge is -2.28. The summed E-state index contributed by atoms with van der Waals surface area (Å²) in [5.74, 6) is -1.91. The van der Waals surface area contributed by atoms with Gasteiger partial charge in [0.1, 0.15) is 16.5 Å². The zero-order valence-electron chi connectivity index (χ0n) is 10.2. The molecule has 0 aliphatic carbocycles. The Morgan fingerprint density at radius 1 is 1.33 bits per heavy atom. The highest BCUT2D eigenvalue weighted by Gasteiger charge is 2.32. The minimum atomic E-state index is -4.24. The second kappa shape index (κ2) is 4.91. The van der Waals surface area contributed by atoms with Crippen molar-refractivity contribution in [3.8, 4) is 0 Å². The van der Waals surface area contributed by atoms with Gasteiger partial charge in [-0.15, -0.1) is 0 Å². The van der Waals surface area contributed by atoms with Gasteiger partial charge in [0, 0.05) is 0 Å². The lowest BCUT2D eigenvalue weighted by Crippen LogP contribution is -2.50. The molecular weight excluding hydrogens is 264 g/mol. The molecule has 1 aromatic carbocycles. The van der Waals surface area contributed by atoms with Crippen molar-refractivity contribution in [2.45, 2.75) is 37.3 Å². The smallest absolute Gasteiger partial charge is 0.244 e. The third-order valence-electron chi connectivity index (χ3n) is 2.62. The Kier molecular flexibility index (Phi) is 4.09. The van der Waals surface area contributed by atoms with Gasteiger partial charge in [-0.05, 0) is 39.0 Å². The second-order valence-electron chi connectivity index (χ2n) is 4.58. The Morgan fingerprint density at radius 2 is 1.89 bits per heavy atom. The Balaban J connectivity index is 3.19. The highest BCUT2D eigenvalue weighted by Crippen LogP contribution is 2.19. The number of benzene rings is 1. The molecule has 1 aromatic rings. The standard InChI is InChI=1S/C11H15F2NO3S/c1-7(15)11(2,3)14-18(16,17)10-6-8(12)4-5-9(10)13/h4-7,14-15H,1-3H3. The quantitative estimate of drug-likeness (QED) is 0.875. The van der Waals surface area contributed by atoms with Crippen LogP contribution in [0.15, 0.2) is 23.1 Å². The van der Waals surface area contributed by atoms with E-state index in [9.17, 15) is 22.3 Å². The van der Waals surface area contributed by atoms with Crippen molar-refractivity contribution in [2.24, 2.45) is 0 Å². The van der Waals surface area contributed by atoms with E-state index in [-0.39, 0.29) is 0 Å². The van der Waals surface area contributed by atoms with Crippen LogP contribution in [0.25, 0.3) is 0 Å². The lowest BCUT2D eigenvalue weighted by atomic mass is 10.0. The summed E-state index contributed by atoms with van der Waals surface area (Å²) in [6.07, 6.45) is -0.996. The van der Waals surface area contributed by atoms with Gasteiger partial charge in [-0.3, -0.25) is 0 Å². The van der Waals surface area contributed by atoms with Crippen LogP contribution in [-0.4, -0.2) is 25.2 Å². The maximum absolute atomic E-state index is 13.4. The van der Waals surface area contributed by atoms with Gasteiger partial charge in [-0.25, -0.2) is 21.9 Å². The van der Waals surface area contributed by atoms with Gasteiger partial charge in [-0.1, -0.05) is 0 Å². The Labute approximate surface area is 105 Å². The monoisotopic (exact) mass is 279 g/mol. The van der Waals surface area contributed by atoms with Crippen molar-refractivity contribution in [1.82, 2.24) is 4.72 Å². The molecule has 2 N–H and O–H groups in total. The van der Waals surface area contributed by atoms with Gasteiger partial charge >= 0.3 is 0 Å². The van der Waals surface area contributed by atoms with Crippen LogP contribution in [0.4, 0.5) is 8.78 Å². The number of hydrogen-bond acceptors (Lipinski definition) is 3. The van der Waals surface area contributed by atoms with E-state index in [1.807, 2.05) is 0 Å². The zero-order valence-corrected chi connectivity index (χ0v) is 11.1. The van der Waals surface area contributed by atoms with Crippen LogP contribution in [0.1, 0.15) is 20.8 Å². The molecule has 0 aliphatic heterocycles. The third-order valence-corrected chi connectivity index (χ3v) is 4.31. The van der Waals surface area contributed by atoms with Gasteiger partial charge in [0.05, 0.1) is 11.6 Å². The molecule has 0 fully saturated rings. The van der Waals surface area contributed by atoms with Gasteiger partial charge in [-0.2, -0.15) is 0 Å². The summed E-state index contributed by atoms with van der Waals surface area (Å²) in [4.78, 5) is -0.781. The predicted octanol–water partition coefficient (Wildman–Crippen LogP) is 1.40. The number of hydrogen-bond donors (Lipinski definition) is 2. The Morgan fingerprint density at radius 3 is 2.39 bits per heavy atom. The van der Waals surface area contributed by atoms with Crippen molar-refractivity contribution in [3.05, 3.63) is 29.8 Å². The van der Waals surface area contributed by atoms with Crippen LogP contribution in [0.3, 0.4) is 0 Å². The van der Waals surface area contributed by atoms with Crippen molar-refractivity contribution in [2.75, 3.05) is 0 Å². The minimum absolute atomic E-state index is 0.593. The summed E-state index contributed by atoms with van der Waals surface area (Å²) in [5, 5.41) is 9.42. The molecule has 0 saturated carbocycles. The Hall–Kier alpha value is -1.05. The van der Waals surface area contributed by atoms with E-state index < -0.39 is 38.2 Å². The first-order valence-electron chi connectivity index (χ1n) is 5.23. The first-order valence-corrected chi connectivity index (χ1v) is 6.71. The highest BCUT2D eigenvalue weighted by atomic mass is 32.2. The second-order valence-corrected chi connectivity index (χ2v) is 6.23. The lowest BCUT2D eigenvalue weighted by molar-refractivity contribution is 0.111. The molecule has 0 spiro atoms. The molecule has 18 heavy (non-hydrogen) atoms. The first-order chi connectivity index (χ1) is 8.06. The SMILES string of the molecule is CC(O)C(C)(C)NS(=O)(=O)c1cc(F)ccc1F. The minimum Gasteiger partial charge on any atom is -0.391 e. The Bertz CT molecular complexity index is 541. The summed E-state index contributed by atoms with van der Waals surface area (Å²) < 4.78 is 52.3. The van der Waals surface area contributed by atoms with E-state index in [0.29, 0.717) is 6.07 Å². The summed E-state index contributed by atoms with van der Waals surface area (Å²) in [6.45, 7) is 4.27. The van der Waals surface area contributed by atoms with Crippen LogP contribution >= 0.6 is 0 Å². The number of rotatable bonds is 4. The summed E-state index contributed by atoms with van der Waals surface area (Å²) >= 11 is 0. The van der Waals surface area contributed by atoms with Gasteiger partial charge in [0.15, 0.2) is 0 Å². The molecule has 0 saturated heterocycles. The summed E-state index contributed by atoms with van der Waals surface area (Å²) in [7, 11) is -4.24. The molecular formula is C11H15F2NO3S. The molecule has 1 unspecified atom stereocenters. The fourth-order valence-electron chi connectivity index (χ4n) is 1.17. The van der Waals surface area contributed by atoms with E-state index >= 15 is 0 Å². The number of aliphatic hydroxyl groups excluding tert-OH is 1. The van der Waals surface area contributed by atoms with Crippen LogP contribution in [0.2, 0.25) is 0 Å². The molecule has 1 rings (SSSR count). The molecule has 0 heterocycles. The van der Waals surface area contributed by atoms with E-state index in [0.717, 1.165) is 12.1 Å². The molecule has 0 aliphatic rings. The molecule has 0 radical (unpaired) electrons. The highest BCUT2D eigenvalue weighted by molar-refractivity contribution is 7.89. The number of sulfonamides is 1. The van der Waals surface area contributed by atoms with Crippen LogP contribution in [0, 0.1) is 11.6 Å². The number of halogens is 2. The number of nitrogens with one attached hydrogen (secondary N) is 1. The zero-order chi connectivity index (χ0) is 14.1. The van der Waals surface area contributed by atoms with E-state index in [4.69, 9.17) is 0 Å². The maximum Gasteiger partial charge on any atom is 0.244 e. The predicted molar refractivity (Wildman–Crippen MR) is 62.4 cm³/mol. The van der Waals surface area contributed by atoms with Crippen molar-refractivity contribution < 1.29 is 22.3 Å². The summed E-state index contributed by atoms with van der Waals surface area (Å²) in [5.41, 5.74) is -1.20. The van der Waals surface area contributed by atoms with Crippen LogP contribution in [0.5, 0.6) is 0 Å². The van der Waals surface area contributed by atoms with E-state index in [1.54, 1.807) is 0 Å². The average Bonchev–Trinajstić information content (AvgIpc) is 2.19. The van der Waals surface area contributed by atoms with Gasteiger partial charge in [0.25, 0.3) is 0 Å². The fraction of sp³-hybridized carbons (Fsp3) is 0.455. The van der Waals surface area contributed by atoms with Gasteiger partial charge in [0.2, 0.25) is 10.0 Å². The third kappa shape index (κ3) is 3.24. The molecule has 0 amide bonds. The molecule has 102 valence electrons. The van der Waals surface area contributed by atoms with Crippen LogP contribution < -0.4 is 4.72 Å². The normalized spacial score (nSPS) is 14.6. The topological polar surface area (TPSA) is 66.4 Å². The maximum atomic E-state index is 13.4. The molecule has 1 atom stereocenters. The van der Waals surface area contributed by atoms with Gasteiger partial charge < -0.3 is 5.11 Å². The molecule has 4 nitrogen and oxygen atoms in total. The van der Waals surface area contributed by atoms with E-state index in [2.05, 4.69) is 4.72 Å². The number of aliphatic hydroxyl groups is 1. The molecule has 0 aromatic heterocycles. The van der Waals surface area contributed by atoms with Crippen molar-refractivity contribution in [3.63, 3.8) is 0 Å². The van der Waals surface area contributed by atoms with E-state index in [1.165, 1.54) is 20.8 Å². The van der Waals surface area contributed by atoms with Crippen molar-refractivity contribution >= 4 is 10.0 Å².